The van der Waals surface area contributed by atoms with Gasteiger partial charge in [-0.25, -0.2) is 0 Å². The van der Waals surface area contributed by atoms with Crippen molar-refractivity contribution in [3.8, 4) is 0 Å². The van der Waals surface area contributed by atoms with Crippen LogP contribution in [0.4, 0.5) is 11.4 Å². The second-order valence-corrected chi connectivity index (χ2v) is 6.82. The number of carbonyl (C=O) groups is 2. The van der Waals surface area contributed by atoms with E-state index in [9.17, 15) is 9.59 Å². The first-order chi connectivity index (χ1) is 11.6. The smallest absolute Gasteiger partial charge is 0.238 e. The van der Waals surface area contributed by atoms with Crippen LogP contribution in [0.15, 0.2) is 48.5 Å². The molecule has 1 atom stereocenters. The predicted molar refractivity (Wildman–Crippen MR) is 99.3 cm³/mol. The number of nitrogens with zero attached hydrogens (tertiary/aromatic N) is 1. The molecule has 2 aromatic carbocycles. The normalized spacial score (nSPS) is 17.2. The van der Waals surface area contributed by atoms with Crippen molar-refractivity contribution in [2.75, 3.05) is 16.0 Å². The lowest BCUT2D eigenvalue weighted by molar-refractivity contribution is -0.116. The Labute approximate surface area is 146 Å². The van der Waals surface area contributed by atoms with Gasteiger partial charge in [0.05, 0.1) is 5.75 Å². The number of nitrogens with one attached hydrogen (secondary N) is 1. The second kappa shape index (κ2) is 7.09. The van der Waals surface area contributed by atoms with Crippen molar-refractivity contribution in [3.63, 3.8) is 0 Å². The van der Waals surface area contributed by atoms with Crippen LogP contribution in [-0.2, 0) is 16.0 Å². The van der Waals surface area contributed by atoms with Crippen molar-refractivity contribution in [1.29, 1.82) is 0 Å². The maximum Gasteiger partial charge on any atom is 0.238 e. The van der Waals surface area contributed by atoms with Crippen molar-refractivity contribution >= 4 is 35.0 Å². The van der Waals surface area contributed by atoms with E-state index in [1.807, 2.05) is 41.3 Å². The minimum atomic E-state index is -0.102. The van der Waals surface area contributed by atoms with Crippen LogP contribution >= 0.6 is 11.8 Å². The van der Waals surface area contributed by atoms with Crippen LogP contribution in [0.2, 0.25) is 0 Å². The van der Waals surface area contributed by atoms with E-state index in [4.69, 9.17) is 0 Å². The number of hydrogen-bond donors (Lipinski definition) is 1. The van der Waals surface area contributed by atoms with Gasteiger partial charge >= 0.3 is 0 Å². The quantitative estimate of drug-likeness (QED) is 0.916. The number of rotatable bonds is 4. The van der Waals surface area contributed by atoms with Gasteiger partial charge in [0.1, 0.15) is 5.37 Å². The van der Waals surface area contributed by atoms with E-state index in [-0.39, 0.29) is 17.2 Å². The third-order valence-electron chi connectivity index (χ3n) is 3.98. The number of anilines is 2. The van der Waals surface area contributed by atoms with Crippen molar-refractivity contribution in [1.82, 2.24) is 0 Å². The van der Waals surface area contributed by atoms with Crippen LogP contribution in [0.25, 0.3) is 0 Å². The van der Waals surface area contributed by atoms with E-state index in [0.717, 1.165) is 23.4 Å². The maximum absolute atomic E-state index is 12.4. The standard InChI is InChI=1S/C19H20N2O2S/c1-3-14-7-9-17(10-8-14)21-18(23)12-24-19(21)15-5-4-6-16(11-15)20-13(2)22/h4-11,19H,3,12H2,1-2H3,(H,20,22)/t19-/m0/s1. The summed E-state index contributed by atoms with van der Waals surface area (Å²) in [6.45, 7) is 3.60. The molecule has 5 heteroatoms. The number of aryl methyl sites for hydroxylation is 1. The van der Waals surface area contributed by atoms with Gasteiger partial charge in [-0.15, -0.1) is 11.8 Å². The minimum Gasteiger partial charge on any atom is -0.326 e. The van der Waals surface area contributed by atoms with Gasteiger partial charge in [-0.2, -0.15) is 0 Å². The molecule has 1 aliphatic heterocycles. The Morgan fingerprint density at radius 3 is 2.67 bits per heavy atom. The molecule has 2 aromatic rings. The monoisotopic (exact) mass is 340 g/mol. The molecule has 0 unspecified atom stereocenters. The summed E-state index contributed by atoms with van der Waals surface area (Å²) in [7, 11) is 0. The highest BCUT2D eigenvalue weighted by Crippen LogP contribution is 2.42. The lowest BCUT2D eigenvalue weighted by Crippen LogP contribution is -2.27. The summed E-state index contributed by atoms with van der Waals surface area (Å²) in [6.07, 6.45) is 0.977. The summed E-state index contributed by atoms with van der Waals surface area (Å²) in [5.41, 5.74) is 3.93. The average molecular weight is 340 g/mol. The fraction of sp³-hybridized carbons (Fsp3) is 0.263. The van der Waals surface area contributed by atoms with E-state index in [1.165, 1.54) is 12.5 Å². The van der Waals surface area contributed by atoms with Crippen LogP contribution < -0.4 is 10.2 Å². The largest absolute Gasteiger partial charge is 0.326 e. The molecule has 1 N–H and O–H groups in total. The van der Waals surface area contributed by atoms with Gasteiger partial charge in [-0.1, -0.05) is 31.2 Å². The van der Waals surface area contributed by atoms with Crippen LogP contribution in [0.3, 0.4) is 0 Å². The summed E-state index contributed by atoms with van der Waals surface area (Å²) in [4.78, 5) is 25.5. The van der Waals surface area contributed by atoms with E-state index in [0.29, 0.717) is 5.75 Å². The number of thioether (sulfide) groups is 1. The van der Waals surface area contributed by atoms with Gasteiger partial charge in [-0.05, 0) is 41.8 Å². The zero-order valence-corrected chi connectivity index (χ0v) is 14.6. The predicted octanol–water partition coefficient (Wildman–Crippen LogP) is 3.99. The van der Waals surface area contributed by atoms with Crippen molar-refractivity contribution in [2.45, 2.75) is 25.6 Å². The first kappa shape index (κ1) is 16.6. The zero-order valence-electron chi connectivity index (χ0n) is 13.8. The lowest BCUT2D eigenvalue weighted by Gasteiger charge is -2.25. The highest BCUT2D eigenvalue weighted by atomic mass is 32.2. The number of amides is 2. The molecule has 2 amide bonds. The van der Waals surface area contributed by atoms with E-state index in [2.05, 4.69) is 24.4 Å². The van der Waals surface area contributed by atoms with Gasteiger partial charge in [0.25, 0.3) is 0 Å². The van der Waals surface area contributed by atoms with Gasteiger partial charge in [0, 0.05) is 18.3 Å². The molecule has 124 valence electrons. The maximum atomic E-state index is 12.4. The third kappa shape index (κ3) is 3.46. The van der Waals surface area contributed by atoms with Crippen molar-refractivity contribution < 1.29 is 9.59 Å². The Kier molecular flexibility index (Phi) is 4.90. The molecule has 1 fully saturated rings. The zero-order chi connectivity index (χ0) is 17.1. The van der Waals surface area contributed by atoms with Gasteiger partial charge < -0.3 is 5.32 Å². The summed E-state index contributed by atoms with van der Waals surface area (Å²) in [5, 5.41) is 2.73. The van der Waals surface area contributed by atoms with E-state index < -0.39 is 0 Å². The summed E-state index contributed by atoms with van der Waals surface area (Å²) < 4.78 is 0. The molecular weight excluding hydrogens is 320 g/mol. The highest BCUT2D eigenvalue weighted by molar-refractivity contribution is 8.00. The molecule has 1 saturated heterocycles. The first-order valence-corrected chi connectivity index (χ1v) is 9.03. The molecule has 24 heavy (non-hydrogen) atoms. The molecule has 1 heterocycles. The van der Waals surface area contributed by atoms with Crippen LogP contribution in [0.5, 0.6) is 0 Å². The molecular formula is C19H20N2O2S. The Balaban J connectivity index is 1.91. The average Bonchev–Trinajstić information content (AvgIpc) is 2.96. The van der Waals surface area contributed by atoms with E-state index in [1.54, 1.807) is 11.8 Å². The molecule has 3 rings (SSSR count). The molecule has 0 spiro atoms. The van der Waals surface area contributed by atoms with Crippen molar-refractivity contribution in [2.24, 2.45) is 0 Å². The van der Waals surface area contributed by atoms with Crippen LogP contribution in [0.1, 0.15) is 30.3 Å². The summed E-state index contributed by atoms with van der Waals surface area (Å²) in [5.74, 6) is 0.471. The van der Waals surface area contributed by atoms with Crippen LogP contribution in [0, 0.1) is 0 Å². The topological polar surface area (TPSA) is 49.4 Å². The number of carbonyl (C=O) groups excluding carboxylic acids is 2. The molecule has 4 nitrogen and oxygen atoms in total. The van der Waals surface area contributed by atoms with Gasteiger partial charge in [0.2, 0.25) is 11.8 Å². The highest BCUT2D eigenvalue weighted by Gasteiger charge is 2.34. The number of hydrogen-bond acceptors (Lipinski definition) is 3. The Bertz CT molecular complexity index is 758. The molecule has 0 aromatic heterocycles. The molecule has 1 aliphatic rings. The first-order valence-electron chi connectivity index (χ1n) is 7.98. The lowest BCUT2D eigenvalue weighted by atomic mass is 10.1. The SMILES string of the molecule is CCc1ccc(N2C(=O)CS[C@H]2c2cccc(NC(C)=O)c2)cc1. The Morgan fingerprint density at radius 2 is 2.00 bits per heavy atom. The molecule has 0 bridgehead atoms. The molecule has 0 aliphatic carbocycles. The number of benzene rings is 2. The minimum absolute atomic E-state index is 0.0707. The molecule has 0 radical (unpaired) electrons. The Morgan fingerprint density at radius 1 is 1.25 bits per heavy atom. The fourth-order valence-corrected chi connectivity index (χ4v) is 3.98. The fourth-order valence-electron chi connectivity index (χ4n) is 2.82. The summed E-state index contributed by atoms with van der Waals surface area (Å²) in [6, 6.07) is 15.8. The van der Waals surface area contributed by atoms with E-state index >= 15 is 0 Å². The van der Waals surface area contributed by atoms with Gasteiger partial charge in [0.15, 0.2) is 0 Å². The Hall–Kier alpha value is -2.27. The second-order valence-electron chi connectivity index (χ2n) is 5.75. The molecule has 0 saturated carbocycles. The van der Waals surface area contributed by atoms with Crippen molar-refractivity contribution in [3.05, 3.63) is 59.7 Å². The van der Waals surface area contributed by atoms with Crippen LogP contribution in [-0.4, -0.2) is 17.6 Å². The third-order valence-corrected chi connectivity index (χ3v) is 5.20. The van der Waals surface area contributed by atoms with Gasteiger partial charge in [-0.3, -0.25) is 14.5 Å². The summed E-state index contributed by atoms with van der Waals surface area (Å²) >= 11 is 1.61.